The van der Waals surface area contributed by atoms with Crippen molar-refractivity contribution in [3.05, 3.63) is 28.8 Å². The minimum atomic E-state index is -1.52. The first-order valence-electron chi connectivity index (χ1n) is 4.92. The summed E-state index contributed by atoms with van der Waals surface area (Å²) in [6.45, 7) is 2.69. The molecule has 1 rings (SSSR count). The van der Waals surface area contributed by atoms with Crippen LogP contribution in [0.15, 0.2) is 18.2 Å². The van der Waals surface area contributed by atoms with Crippen molar-refractivity contribution in [3.63, 3.8) is 0 Å². The maximum Gasteiger partial charge on any atom is 0.317 e. The van der Waals surface area contributed by atoms with Gasteiger partial charge in [0.15, 0.2) is 5.78 Å². The number of hydrogen-bond donors (Lipinski definition) is 1. The molecule has 0 spiro atoms. The van der Waals surface area contributed by atoms with Crippen molar-refractivity contribution in [2.45, 2.75) is 13.8 Å². The molecule has 0 aliphatic heterocycles. The van der Waals surface area contributed by atoms with Crippen LogP contribution in [0.4, 0.5) is 0 Å². The van der Waals surface area contributed by atoms with Crippen LogP contribution in [0.5, 0.6) is 5.75 Å². The maximum absolute atomic E-state index is 12.1. The Morgan fingerprint density at radius 3 is 2.41 bits per heavy atom. The molecule has 0 aliphatic rings. The molecule has 0 saturated carbocycles. The third-order valence-corrected chi connectivity index (χ3v) is 2.74. The van der Waals surface area contributed by atoms with E-state index in [1.807, 2.05) is 0 Å². The predicted octanol–water partition coefficient (Wildman–Crippen LogP) is 2.64. The number of carboxylic acid groups (broad SMARTS) is 1. The van der Waals surface area contributed by atoms with Gasteiger partial charge in [0.05, 0.1) is 12.7 Å². The summed E-state index contributed by atoms with van der Waals surface area (Å²) in [7, 11) is 1.41. The molecule has 17 heavy (non-hydrogen) atoms. The summed E-state index contributed by atoms with van der Waals surface area (Å²) in [4.78, 5) is 23.1. The van der Waals surface area contributed by atoms with Gasteiger partial charge in [-0.05, 0) is 32.0 Å². The van der Waals surface area contributed by atoms with Crippen LogP contribution < -0.4 is 4.74 Å². The summed E-state index contributed by atoms with van der Waals surface area (Å²) in [5.74, 6) is -1.41. The standard InChI is InChI=1S/C12H13ClO4/c1-12(2,11(15)16)10(14)8-6-7(13)4-5-9(8)17-3/h4-6H,1-3H3,(H,15,16). The first kappa shape index (κ1) is 13.5. The Kier molecular flexibility index (Phi) is 3.78. The minimum absolute atomic E-state index is 0.174. The quantitative estimate of drug-likeness (QED) is 0.664. The molecule has 92 valence electrons. The largest absolute Gasteiger partial charge is 0.496 e. The number of methoxy groups -OCH3 is 1. The number of halogens is 1. The van der Waals surface area contributed by atoms with E-state index >= 15 is 0 Å². The molecule has 4 nitrogen and oxygen atoms in total. The van der Waals surface area contributed by atoms with Gasteiger partial charge < -0.3 is 9.84 Å². The van der Waals surface area contributed by atoms with Gasteiger partial charge in [-0.15, -0.1) is 0 Å². The Hall–Kier alpha value is -1.55. The summed E-state index contributed by atoms with van der Waals surface area (Å²) in [5.41, 5.74) is -1.34. The summed E-state index contributed by atoms with van der Waals surface area (Å²) >= 11 is 5.79. The molecule has 0 radical (unpaired) electrons. The number of hydrogen-bond acceptors (Lipinski definition) is 3. The van der Waals surface area contributed by atoms with Crippen molar-refractivity contribution in [2.24, 2.45) is 5.41 Å². The smallest absolute Gasteiger partial charge is 0.317 e. The van der Waals surface area contributed by atoms with Gasteiger partial charge in [0.1, 0.15) is 11.2 Å². The van der Waals surface area contributed by atoms with E-state index in [-0.39, 0.29) is 5.56 Å². The van der Waals surface area contributed by atoms with E-state index < -0.39 is 17.2 Å². The highest BCUT2D eigenvalue weighted by molar-refractivity contribution is 6.31. The zero-order valence-electron chi connectivity index (χ0n) is 9.78. The second-order valence-corrected chi connectivity index (χ2v) is 4.54. The van der Waals surface area contributed by atoms with E-state index in [2.05, 4.69) is 0 Å². The minimum Gasteiger partial charge on any atom is -0.496 e. The Bertz CT molecular complexity index is 466. The number of carboxylic acids is 1. The molecule has 0 aliphatic carbocycles. The summed E-state index contributed by atoms with van der Waals surface area (Å²) in [6, 6.07) is 4.52. The summed E-state index contributed by atoms with van der Waals surface area (Å²) < 4.78 is 5.02. The van der Waals surface area contributed by atoms with Crippen LogP contribution in [0.25, 0.3) is 0 Å². The Morgan fingerprint density at radius 1 is 1.35 bits per heavy atom. The second kappa shape index (κ2) is 4.75. The lowest BCUT2D eigenvalue weighted by molar-refractivity contribution is -0.144. The first-order valence-corrected chi connectivity index (χ1v) is 5.30. The fourth-order valence-electron chi connectivity index (χ4n) is 1.29. The highest BCUT2D eigenvalue weighted by Gasteiger charge is 2.38. The molecule has 1 aromatic rings. The number of ether oxygens (including phenoxy) is 1. The molecule has 0 bridgehead atoms. The summed E-state index contributed by atoms with van der Waals surface area (Å²) in [6.07, 6.45) is 0. The molecule has 1 aromatic carbocycles. The Labute approximate surface area is 104 Å². The lowest BCUT2D eigenvalue weighted by Crippen LogP contribution is -2.33. The van der Waals surface area contributed by atoms with Crippen molar-refractivity contribution in [1.82, 2.24) is 0 Å². The maximum atomic E-state index is 12.1. The van der Waals surface area contributed by atoms with Crippen molar-refractivity contribution in [1.29, 1.82) is 0 Å². The van der Waals surface area contributed by atoms with Gasteiger partial charge >= 0.3 is 5.97 Å². The molecule has 1 N–H and O–H groups in total. The average molecular weight is 257 g/mol. The highest BCUT2D eigenvalue weighted by Crippen LogP contribution is 2.30. The molecular weight excluding hydrogens is 244 g/mol. The number of carbonyl (C=O) groups is 2. The number of carbonyl (C=O) groups excluding carboxylic acids is 1. The van der Waals surface area contributed by atoms with Crippen LogP contribution in [0.3, 0.4) is 0 Å². The van der Waals surface area contributed by atoms with Crippen molar-refractivity contribution in [2.75, 3.05) is 7.11 Å². The van der Waals surface area contributed by atoms with Gasteiger partial charge in [0.25, 0.3) is 0 Å². The first-order chi connectivity index (χ1) is 7.80. The zero-order chi connectivity index (χ0) is 13.2. The molecule has 0 heterocycles. The zero-order valence-corrected chi connectivity index (χ0v) is 10.5. The molecular formula is C12H13ClO4. The highest BCUT2D eigenvalue weighted by atomic mass is 35.5. The predicted molar refractivity (Wildman–Crippen MR) is 63.8 cm³/mol. The Morgan fingerprint density at radius 2 is 1.94 bits per heavy atom. The van der Waals surface area contributed by atoms with Gasteiger partial charge in [0.2, 0.25) is 0 Å². The number of ketones is 1. The lowest BCUT2D eigenvalue weighted by atomic mass is 9.84. The van der Waals surface area contributed by atoms with Crippen LogP contribution in [-0.4, -0.2) is 24.0 Å². The number of Topliss-reactive ketones (excluding diaryl/α,β-unsaturated/α-hetero) is 1. The third-order valence-electron chi connectivity index (χ3n) is 2.51. The normalized spacial score (nSPS) is 11.1. The van der Waals surface area contributed by atoms with E-state index in [1.165, 1.54) is 33.1 Å². The number of rotatable bonds is 4. The van der Waals surface area contributed by atoms with E-state index in [0.29, 0.717) is 10.8 Å². The molecule has 0 fully saturated rings. The number of aliphatic carboxylic acids is 1. The van der Waals surface area contributed by atoms with E-state index in [1.54, 1.807) is 6.07 Å². The topological polar surface area (TPSA) is 63.6 Å². The second-order valence-electron chi connectivity index (χ2n) is 4.10. The van der Waals surface area contributed by atoms with Crippen molar-refractivity contribution < 1.29 is 19.4 Å². The fourth-order valence-corrected chi connectivity index (χ4v) is 1.46. The average Bonchev–Trinajstić information content (AvgIpc) is 2.27. The van der Waals surface area contributed by atoms with Gasteiger partial charge in [0, 0.05) is 5.02 Å². The fraction of sp³-hybridized carbons (Fsp3) is 0.333. The monoisotopic (exact) mass is 256 g/mol. The van der Waals surface area contributed by atoms with Gasteiger partial charge in [-0.25, -0.2) is 0 Å². The molecule has 0 atom stereocenters. The lowest BCUT2D eigenvalue weighted by Gasteiger charge is -2.19. The Balaban J connectivity index is 3.29. The number of benzene rings is 1. The van der Waals surface area contributed by atoms with Crippen LogP contribution >= 0.6 is 11.6 Å². The van der Waals surface area contributed by atoms with E-state index in [0.717, 1.165) is 0 Å². The van der Waals surface area contributed by atoms with Gasteiger partial charge in [-0.3, -0.25) is 9.59 Å². The molecule has 0 unspecified atom stereocenters. The van der Waals surface area contributed by atoms with Crippen molar-refractivity contribution >= 4 is 23.4 Å². The van der Waals surface area contributed by atoms with Gasteiger partial charge in [-0.2, -0.15) is 0 Å². The van der Waals surface area contributed by atoms with Crippen LogP contribution in [0.2, 0.25) is 5.02 Å². The third kappa shape index (κ3) is 2.58. The molecule has 0 aromatic heterocycles. The van der Waals surface area contributed by atoms with Gasteiger partial charge in [-0.1, -0.05) is 11.6 Å². The van der Waals surface area contributed by atoms with Crippen molar-refractivity contribution in [3.8, 4) is 5.75 Å². The molecule has 5 heteroatoms. The van der Waals surface area contributed by atoms with Crippen LogP contribution in [0, 0.1) is 5.41 Å². The SMILES string of the molecule is COc1ccc(Cl)cc1C(=O)C(C)(C)C(=O)O. The summed E-state index contributed by atoms with van der Waals surface area (Å²) in [5, 5.41) is 9.37. The molecule has 0 amide bonds. The molecule has 0 saturated heterocycles. The van der Waals surface area contributed by atoms with E-state index in [4.69, 9.17) is 21.4 Å². The van der Waals surface area contributed by atoms with Crippen LogP contribution in [0.1, 0.15) is 24.2 Å². The van der Waals surface area contributed by atoms with E-state index in [9.17, 15) is 9.59 Å². The van der Waals surface area contributed by atoms with Crippen LogP contribution in [-0.2, 0) is 4.79 Å².